The minimum absolute atomic E-state index is 0.257. The van der Waals surface area contributed by atoms with E-state index in [2.05, 4.69) is 16.0 Å². The molecule has 0 unspecified atom stereocenters. The Bertz CT molecular complexity index is 1340. The zero-order valence-electron chi connectivity index (χ0n) is 14.1. The minimum Gasteiger partial charge on any atom is -0.338 e. The molecule has 0 aliphatic rings. The van der Waals surface area contributed by atoms with Crippen LogP contribution in [0.5, 0.6) is 0 Å². The summed E-state index contributed by atoms with van der Waals surface area (Å²) in [5, 5.41) is 10.5. The van der Waals surface area contributed by atoms with Gasteiger partial charge in [-0.15, -0.1) is 0 Å². The fourth-order valence-corrected chi connectivity index (χ4v) is 3.52. The predicted molar refractivity (Wildman–Crippen MR) is 109 cm³/mol. The summed E-state index contributed by atoms with van der Waals surface area (Å²) in [5.41, 5.74) is 3.48. The quantitative estimate of drug-likeness (QED) is 0.484. The molecule has 0 radical (unpaired) electrons. The van der Waals surface area contributed by atoms with Gasteiger partial charge >= 0.3 is 0 Å². The third-order valence-electron chi connectivity index (χ3n) is 4.43. The number of para-hydroxylation sites is 2. The predicted octanol–water partition coefficient (Wildman–Crippen LogP) is 5.02. The SMILES string of the molecule is Cc1c(C=Nc2ccc(Cl)cc2Cl)c(=O)n2c([nH]c3ccccc32)c1C#N. The number of aliphatic imine (C=N–C) groups is 1. The van der Waals surface area contributed by atoms with E-state index in [4.69, 9.17) is 23.2 Å². The van der Waals surface area contributed by atoms with Gasteiger partial charge in [0, 0.05) is 11.2 Å². The van der Waals surface area contributed by atoms with Gasteiger partial charge in [0.25, 0.3) is 5.56 Å². The minimum atomic E-state index is -0.257. The number of fused-ring (bicyclic) bond motifs is 3. The second kappa shape index (κ2) is 6.58. The van der Waals surface area contributed by atoms with Crippen molar-refractivity contribution in [3.05, 3.63) is 79.6 Å². The molecule has 1 N–H and O–H groups in total. The maximum Gasteiger partial charge on any atom is 0.265 e. The molecule has 27 heavy (non-hydrogen) atoms. The van der Waals surface area contributed by atoms with E-state index in [1.165, 1.54) is 10.6 Å². The van der Waals surface area contributed by atoms with Crippen LogP contribution in [-0.4, -0.2) is 15.6 Å². The van der Waals surface area contributed by atoms with Gasteiger partial charge in [-0.3, -0.25) is 14.2 Å². The molecule has 0 amide bonds. The molecule has 7 heteroatoms. The second-order valence-corrected chi connectivity index (χ2v) is 6.85. The Morgan fingerprint density at radius 3 is 2.74 bits per heavy atom. The summed E-state index contributed by atoms with van der Waals surface area (Å²) >= 11 is 12.1. The van der Waals surface area contributed by atoms with Crippen molar-refractivity contribution < 1.29 is 0 Å². The molecule has 0 saturated carbocycles. The third kappa shape index (κ3) is 2.80. The molecule has 0 saturated heterocycles. The first-order valence-corrected chi connectivity index (χ1v) is 8.82. The number of rotatable bonds is 2. The average molecular weight is 395 g/mol. The van der Waals surface area contributed by atoms with Gasteiger partial charge in [0.1, 0.15) is 11.7 Å². The molecule has 0 atom stereocenters. The van der Waals surface area contributed by atoms with Gasteiger partial charge < -0.3 is 4.98 Å². The summed E-state index contributed by atoms with van der Waals surface area (Å²) < 4.78 is 1.51. The molecule has 0 bridgehead atoms. The first kappa shape index (κ1) is 17.3. The van der Waals surface area contributed by atoms with Crippen LogP contribution in [0.15, 0.2) is 52.3 Å². The molecular weight excluding hydrogens is 383 g/mol. The van der Waals surface area contributed by atoms with Crippen molar-refractivity contribution in [3.63, 3.8) is 0 Å². The maximum atomic E-state index is 13.1. The summed E-state index contributed by atoms with van der Waals surface area (Å²) in [6.45, 7) is 1.73. The number of imidazole rings is 1. The number of nitrogens with zero attached hydrogens (tertiary/aromatic N) is 3. The molecule has 132 valence electrons. The fourth-order valence-electron chi connectivity index (χ4n) is 3.07. The van der Waals surface area contributed by atoms with Crippen molar-refractivity contribution in [3.8, 4) is 6.07 Å². The number of hydrogen-bond donors (Lipinski definition) is 1. The van der Waals surface area contributed by atoms with Gasteiger partial charge in [0.2, 0.25) is 0 Å². The fraction of sp³-hybridized carbons (Fsp3) is 0.0500. The van der Waals surface area contributed by atoms with Crippen molar-refractivity contribution in [1.82, 2.24) is 9.38 Å². The lowest BCUT2D eigenvalue weighted by Crippen LogP contribution is -2.20. The summed E-state index contributed by atoms with van der Waals surface area (Å²) in [7, 11) is 0. The highest BCUT2D eigenvalue weighted by Gasteiger charge is 2.17. The molecular formula is C20H12Cl2N4O. The Hall–Kier alpha value is -3.07. The number of nitriles is 1. The lowest BCUT2D eigenvalue weighted by Gasteiger charge is -2.06. The zero-order valence-corrected chi connectivity index (χ0v) is 15.6. The van der Waals surface area contributed by atoms with Gasteiger partial charge in [0.05, 0.1) is 32.9 Å². The lowest BCUT2D eigenvalue weighted by atomic mass is 10.1. The van der Waals surface area contributed by atoms with Crippen LogP contribution in [0.25, 0.3) is 16.7 Å². The van der Waals surface area contributed by atoms with Crippen LogP contribution in [0.2, 0.25) is 10.0 Å². The number of aromatic nitrogens is 2. The number of aromatic amines is 1. The Labute approximate surface area is 164 Å². The largest absolute Gasteiger partial charge is 0.338 e. The van der Waals surface area contributed by atoms with Crippen LogP contribution in [0.4, 0.5) is 5.69 Å². The van der Waals surface area contributed by atoms with Gasteiger partial charge in [-0.25, -0.2) is 0 Å². The first-order chi connectivity index (χ1) is 13.0. The van der Waals surface area contributed by atoms with E-state index in [0.717, 1.165) is 5.52 Å². The third-order valence-corrected chi connectivity index (χ3v) is 4.96. The molecule has 0 aliphatic carbocycles. The summed E-state index contributed by atoms with van der Waals surface area (Å²) in [5.74, 6) is 0. The van der Waals surface area contributed by atoms with Gasteiger partial charge in [0.15, 0.2) is 0 Å². The van der Waals surface area contributed by atoms with Crippen LogP contribution >= 0.6 is 23.2 Å². The van der Waals surface area contributed by atoms with Crippen molar-refractivity contribution in [1.29, 1.82) is 5.26 Å². The Morgan fingerprint density at radius 2 is 2.00 bits per heavy atom. The molecule has 4 aromatic rings. The first-order valence-electron chi connectivity index (χ1n) is 8.06. The summed E-state index contributed by atoms with van der Waals surface area (Å²) in [6.07, 6.45) is 1.45. The average Bonchev–Trinajstić information content (AvgIpc) is 3.03. The van der Waals surface area contributed by atoms with E-state index in [9.17, 15) is 10.1 Å². The van der Waals surface area contributed by atoms with Crippen LogP contribution in [0.3, 0.4) is 0 Å². The highest BCUT2D eigenvalue weighted by atomic mass is 35.5. The smallest absolute Gasteiger partial charge is 0.265 e. The zero-order chi connectivity index (χ0) is 19.1. The van der Waals surface area contributed by atoms with Crippen LogP contribution in [0.1, 0.15) is 16.7 Å². The molecule has 5 nitrogen and oxygen atoms in total. The normalized spacial score (nSPS) is 11.5. The number of hydrogen-bond acceptors (Lipinski definition) is 3. The van der Waals surface area contributed by atoms with E-state index in [0.29, 0.717) is 43.6 Å². The number of nitrogens with one attached hydrogen (secondary N) is 1. The van der Waals surface area contributed by atoms with Gasteiger partial charge in [-0.2, -0.15) is 5.26 Å². The number of benzene rings is 2. The van der Waals surface area contributed by atoms with E-state index in [1.54, 1.807) is 25.1 Å². The molecule has 0 fully saturated rings. The van der Waals surface area contributed by atoms with Gasteiger partial charge in [-0.05, 0) is 42.8 Å². The van der Waals surface area contributed by atoms with Crippen LogP contribution in [0, 0.1) is 18.3 Å². The lowest BCUT2D eigenvalue weighted by molar-refractivity contribution is 1.12. The highest BCUT2D eigenvalue weighted by Crippen LogP contribution is 2.28. The van der Waals surface area contributed by atoms with Crippen molar-refractivity contribution in [2.45, 2.75) is 6.92 Å². The van der Waals surface area contributed by atoms with Crippen LogP contribution < -0.4 is 5.56 Å². The molecule has 0 aliphatic heterocycles. The maximum absolute atomic E-state index is 13.1. The number of pyridine rings is 1. The molecule has 2 heterocycles. The van der Waals surface area contributed by atoms with E-state index in [-0.39, 0.29) is 5.56 Å². The van der Waals surface area contributed by atoms with Crippen molar-refractivity contribution in [2.75, 3.05) is 0 Å². The monoisotopic (exact) mass is 394 g/mol. The Balaban J connectivity index is 2.01. The molecule has 4 rings (SSSR count). The molecule has 2 aromatic carbocycles. The molecule has 0 spiro atoms. The highest BCUT2D eigenvalue weighted by molar-refractivity contribution is 6.36. The van der Waals surface area contributed by atoms with Crippen molar-refractivity contribution >= 4 is 51.8 Å². The number of halogens is 2. The van der Waals surface area contributed by atoms with Gasteiger partial charge in [-0.1, -0.05) is 35.3 Å². The van der Waals surface area contributed by atoms with Crippen molar-refractivity contribution in [2.24, 2.45) is 4.99 Å². The second-order valence-electron chi connectivity index (χ2n) is 6.01. The van der Waals surface area contributed by atoms with E-state index in [1.807, 2.05) is 24.3 Å². The topological polar surface area (TPSA) is 73.4 Å². The molecule has 2 aromatic heterocycles. The van der Waals surface area contributed by atoms with Crippen LogP contribution in [-0.2, 0) is 0 Å². The Morgan fingerprint density at radius 1 is 1.22 bits per heavy atom. The van der Waals surface area contributed by atoms with E-state index >= 15 is 0 Å². The summed E-state index contributed by atoms with van der Waals surface area (Å²) in [6, 6.07) is 14.5. The Kier molecular flexibility index (Phi) is 4.23. The number of H-pyrrole nitrogens is 1. The standard InChI is InChI=1S/C20H12Cl2N4O/c1-11-13(9-23)19-25-17-4-2-3-5-18(17)26(19)20(27)14(11)10-24-16-7-6-12(21)8-15(16)22/h2-8,10,25H,1H3. The summed E-state index contributed by atoms with van der Waals surface area (Å²) in [4.78, 5) is 20.6. The van der Waals surface area contributed by atoms with E-state index < -0.39 is 0 Å².